The molecule has 0 saturated heterocycles. The van der Waals surface area contributed by atoms with Gasteiger partial charge in [-0.1, -0.05) is 61.9 Å². The van der Waals surface area contributed by atoms with Gasteiger partial charge in [-0.2, -0.15) is 0 Å². The lowest BCUT2D eigenvalue weighted by atomic mass is 10.0. The SMILES string of the molecule is CCCc1ccc(-c2ncc(-c3ccc(CCCC(=O)O)cc3)cn2)cc1. The Hall–Kier alpha value is -3.01. The summed E-state index contributed by atoms with van der Waals surface area (Å²) in [6.07, 6.45) is 7.56. The third kappa shape index (κ3) is 5.23. The van der Waals surface area contributed by atoms with Crippen LogP contribution in [0.15, 0.2) is 60.9 Å². The van der Waals surface area contributed by atoms with Gasteiger partial charge in [0.05, 0.1) is 0 Å². The largest absolute Gasteiger partial charge is 0.481 e. The Morgan fingerprint density at radius 1 is 0.815 bits per heavy atom. The lowest BCUT2D eigenvalue weighted by Gasteiger charge is -2.06. The van der Waals surface area contributed by atoms with Crippen LogP contribution in [0.3, 0.4) is 0 Å². The number of hydrogen-bond donors (Lipinski definition) is 1. The third-order valence-electron chi connectivity index (χ3n) is 4.55. The van der Waals surface area contributed by atoms with Crippen LogP contribution in [-0.4, -0.2) is 21.0 Å². The van der Waals surface area contributed by atoms with Crippen molar-refractivity contribution in [2.75, 3.05) is 0 Å². The summed E-state index contributed by atoms with van der Waals surface area (Å²) in [5.74, 6) is -0.0176. The minimum atomic E-state index is -0.746. The van der Waals surface area contributed by atoms with Gasteiger partial charge in [-0.25, -0.2) is 9.97 Å². The maximum Gasteiger partial charge on any atom is 0.303 e. The van der Waals surface area contributed by atoms with Gasteiger partial charge in [0.1, 0.15) is 0 Å². The van der Waals surface area contributed by atoms with Crippen LogP contribution in [0.2, 0.25) is 0 Å². The molecule has 0 atom stereocenters. The summed E-state index contributed by atoms with van der Waals surface area (Å²) in [6.45, 7) is 2.18. The number of rotatable bonds is 8. The van der Waals surface area contributed by atoms with E-state index in [0.717, 1.165) is 47.3 Å². The van der Waals surface area contributed by atoms with Crippen molar-refractivity contribution >= 4 is 5.97 Å². The average molecular weight is 360 g/mol. The van der Waals surface area contributed by atoms with E-state index in [1.165, 1.54) is 5.56 Å². The lowest BCUT2D eigenvalue weighted by molar-refractivity contribution is -0.137. The standard InChI is InChI=1S/C23H24N2O2/c1-2-4-17-9-13-20(14-10-17)23-24-15-21(16-25-23)19-11-7-18(8-12-19)5-3-6-22(26)27/h7-16H,2-6H2,1H3,(H,26,27). The van der Waals surface area contributed by atoms with E-state index in [9.17, 15) is 4.79 Å². The second-order valence-electron chi connectivity index (χ2n) is 6.69. The molecule has 0 radical (unpaired) electrons. The molecule has 1 heterocycles. The smallest absolute Gasteiger partial charge is 0.303 e. The number of hydrogen-bond acceptors (Lipinski definition) is 3. The van der Waals surface area contributed by atoms with Gasteiger partial charge in [0.25, 0.3) is 0 Å². The van der Waals surface area contributed by atoms with Gasteiger partial charge < -0.3 is 5.11 Å². The van der Waals surface area contributed by atoms with E-state index in [-0.39, 0.29) is 6.42 Å². The maximum absolute atomic E-state index is 10.6. The molecule has 3 aromatic rings. The third-order valence-corrected chi connectivity index (χ3v) is 4.55. The molecule has 0 spiro atoms. The number of carboxylic acid groups (broad SMARTS) is 1. The highest BCUT2D eigenvalue weighted by Crippen LogP contribution is 2.22. The molecule has 3 rings (SSSR count). The van der Waals surface area contributed by atoms with Gasteiger partial charge in [-0.05, 0) is 36.0 Å². The minimum absolute atomic E-state index is 0.205. The molecule has 2 aromatic carbocycles. The van der Waals surface area contributed by atoms with Crippen LogP contribution in [0.25, 0.3) is 22.5 Å². The first kappa shape index (κ1) is 18.8. The molecular formula is C23H24N2O2. The zero-order valence-electron chi connectivity index (χ0n) is 15.6. The molecular weight excluding hydrogens is 336 g/mol. The van der Waals surface area contributed by atoms with E-state index in [1.54, 1.807) is 0 Å². The molecule has 0 saturated carbocycles. The number of nitrogens with zero attached hydrogens (tertiary/aromatic N) is 2. The molecule has 1 aromatic heterocycles. The van der Waals surface area contributed by atoms with Crippen LogP contribution in [0.4, 0.5) is 0 Å². The fourth-order valence-electron chi connectivity index (χ4n) is 3.04. The Kier molecular flexibility index (Phi) is 6.31. The number of aromatic nitrogens is 2. The quantitative estimate of drug-likeness (QED) is 0.602. The molecule has 138 valence electrons. The molecule has 1 N–H and O–H groups in total. The van der Waals surface area contributed by atoms with Crippen molar-refractivity contribution in [3.8, 4) is 22.5 Å². The number of carboxylic acids is 1. The van der Waals surface area contributed by atoms with Gasteiger partial charge in [0.15, 0.2) is 5.82 Å². The summed E-state index contributed by atoms with van der Waals surface area (Å²) < 4.78 is 0. The van der Waals surface area contributed by atoms with Gasteiger partial charge in [0, 0.05) is 29.9 Å². The van der Waals surface area contributed by atoms with Crippen LogP contribution in [0, 0.1) is 0 Å². The second kappa shape index (κ2) is 9.08. The fraction of sp³-hybridized carbons (Fsp3) is 0.261. The normalized spacial score (nSPS) is 10.7. The first-order chi connectivity index (χ1) is 13.2. The van der Waals surface area contributed by atoms with Gasteiger partial charge >= 0.3 is 5.97 Å². The zero-order valence-corrected chi connectivity index (χ0v) is 15.6. The Bertz CT molecular complexity index is 870. The summed E-state index contributed by atoms with van der Waals surface area (Å²) in [5, 5.41) is 8.71. The van der Waals surface area contributed by atoms with Crippen molar-refractivity contribution in [1.29, 1.82) is 0 Å². The first-order valence-electron chi connectivity index (χ1n) is 9.38. The summed E-state index contributed by atoms with van der Waals surface area (Å²) >= 11 is 0. The summed E-state index contributed by atoms with van der Waals surface area (Å²) in [5.41, 5.74) is 5.53. The maximum atomic E-state index is 10.6. The Labute approximate surface area is 159 Å². The van der Waals surface area contributed by atoms with Gasteiger partial charge in [0.2, 0.25) is 0 Å². The number of benzene rings is 2. The van der Waals surface area contributed by atoms with Crippen LogP contribution >= 0.6 is 0 Å². The minimum Gasteiger partial charge on any atom is -0.481 e. The molecule has 0 aliphatic heterocycles. The van der Waals surface area contributed by atoms with E-state index < -0.39 is 5.97 Å². The number of carbonyl (C=O) groups is 1. The Balaban J connectivity index is 1.66. The van der Waals surface area contributed by atoms with Crippen molar-refractivity contribution in [3.05, 3.63) is 72.1 Å². The van der Waals surface area contributed by atoms with Crippen molar-refractivity contribution in [1.82, 2.24) is 9.97 Å². The Morgan fingerprint density at radius 3 is 1.93 bits per heavy atom. The molecule has 4 heteroatoms. The predicted molar refractivity (Wildman–Crippen MR) is 107 cm³/mol. The average Bonchev–Trinajstić information content (AvgIpc) is 2.69. The molecule has 0 unspecified atom stereocenters. The van der Waals surface area contributed by atoms with E-state index >= 15 is 0 Å². The van der Waals surface area contributed by atoms with E-state index in [2.05, 4.69) is 41.2 Å². The molecule has 0 fully saturated rings. The van der Waals surface area contributed by atoms with Crippen molar-refractivity contribution in [3.63, 3.8) is 0 Å². The van der Waals surface area contributed by atoms with Gasteiger partial charge in [-0.3, -0.25) is 4.79 Å². The summed E-state index contributed by atoms with van der Waals surface area (Å²) in [6, 6.07) is 16.6. The molecule has 0 aliphatic rings. The highest BCUT2D eigenvalue weighted by Gasteiger charge is 2.04. The Morgan fingerprint density at radius 2 is 1.37 bits per heavy atom. The molecule has 4 nitrogen and oxygen atoms in total. The van der Waals surface area contributed by atoms with Crippen LogP contribution in [-0.2, 0) is 17.6 Å². The molecule has 0 bridgehead atoms. The van der Waals surface area contributed by atoms with E-state index in [4.69, 9.17) is 5.11 Å². The fourth-order valence-corrected chi connectivity index (χ4v) is 3.04. The summed E-state index contributed by atoms with van der Waals surface area (Å²) in [4.78, 5) is 19.6. The second-order valence-corrected chi connectivity index (χ2v) is 6.69. The summed E-state index contributed by atoms with van der Waals surface area (Å²) in [7, 11) is 0. The van der Waals surface area contributed by atoms with E-state index in [1.807, 2.05) is 36.7 Å². The predicted octanol–water partition coefficient (Wildman–Crippen LogP) is 5.17. The van der Waals surface area contributed by atoms with Crippen molar-refractivity contribution in [2.24, 2.45) is 0 Å². The van der Waals surface area contributed by atoms with Crippen molar-refractivity contribution < 1.29 is 9.90 Å². The van der Waals surface area contributed by atoms with E-state index in [0.29, 0.717) is 6.42 Å². The molecule has 0 aliphatic carbocycles. The number of aryl methyl sites for hydroxylation is 2. The highest BCUT2D eigenvalue weighted by molar-refractivity contribution is 5.66. The number of aliphatic carboxylic acids is 1. The first-order valence-corrected chi connectivity index (χ1v) is 9.38. The van der Waals surface area contributed by atoms with Crippen LogP contribution in [0.5, 0.6) is 0 Å². The monoisotopic (exact) mass is 360 g/mol. The lowest BCUT2D eigenvalue weighted by Crippen LogP contribution is -1.96. The van der Waals surface area contributed by atoms with Crippen molar-refractivity contribution in [2.45, 2.75) is 39.0 Å². The van der Waals surface area contributed by atoms with Gasteiger partial charge in [-0.15, -0.1) is 0 Å². The van der Waals surface area contributed by atoms with Crippen LogP contribution < -0.4 is 0 Å². The topological polar surface area (TPSA) is 63.1 Å². The van der Waals surface area contributed by atoms with Crippen LogP contribution in [0.1, 0.15) is 37.3 Å². The highest BCUT2D eigenvalue weighted by atomic mass is 16.4. The molecule has 27 heavy (non-hydrogen) atoms. The molecule has 0 amide bonds. The zero-order chi connectivity index (χ0) is 19.1.